The van der Waals surface area contributed by atoms with Crippen LogP contribution in [0.4, 0.5) is 0 Å². The number of pyridine rings is 1. The number of aromatic nitrogens is 2. The molecule has 0 fully saturated rings. The molecule has 2 aromatic heterocycles. The van der Waals surface area contributed by atoms with Crippen molar-refractivity contribution in [2.45, 2.75) is 0 Å². The van der Waals surface area contributed by atoms with Crippen molar-refractivity contribution in [3.8, 4) is 11.3 Å². The lowest BCUT2D eigenvalue weighted by atomic mass is 10.2. The minimum Gasteiger partial charge on any atom is -0.306 e. The maximum atomic E-state index is 6.02. The Bertz CT molecular complexity index is 737. The molecule has 2 heterocycles. The maximum Gasteiger partial charge on any atom is 0.151 e. The summed E-state index contributed by atoms with van der Waals surface area (Å²) in [6.07, 6.45) is 3.91. The Kier molecular flexibility index (Phi) is 3.06. The number of nitrogens with zero attached hydrogens (tertiary/aromatic N) is 2. The average molecular weight is 342 g/mol. The second-order valence-corrected chi connectivity index (χ2v) is 5.51. The van der Waals surface area contributed by atoms with Crippen LogP contribution in [-0.2, 0) is 0 Å². The average Bonchev–Trinajstić information content (AvgIpc) is 2.78. The smallest absolute Gasteiger partial charge is 0.151 e. The third kappa shape index (κ3) is 2.03. The molecule has 0 radical (unpaired) electrons. The van der Waals surface area contributed by atoms with Crippen molar-refractivity contribution >= 4 is 44.8 Å². The van der Waals surface area contributed by atoms with Gasteiger partial charge in [-0.2, -0.15) is 0 Å². The normalized spacial score (nSPS) is 11.1. The van der Waals surface area contributed by atoms with E-state index in [4.69, 9.17) is 23.2 Å². The van der Waals surface area contributed by atoms with Gasteiger partial charge in [0.15, 0.2) is 5.65 Å². The highest BCUT2D eigenvalue weighted by molar-refractivity contribution is 9.10. The number of imidazole rings is 1. The lowest BCUT2D eigenvalue weighted by Gasteiger charge is -1.98. The zero-order valence-corrected chi connectivity index (χ0v) is 12.2. The largest absolute Gasteiger partial charge is 0.306 e. The SMILES string of the molecule is Clc1ccc(-c2cn3cccc(Br)c3n2)cc1Cl. The minimum absolute atomic E-state index is 0.533. The van der Waals surface area contributed by atoms with Gasteiger partial charge in [0.2, 0.25) is 0 Å². The molecular formula is C13H7BrCl2N2. The van der Waals surface area contributed by atoms with Crippen LogP contribution in [0.1, 0.15) is 0 Å². The van der Waals surface area contributed by atoms with Crippen molar-refractivity contribution in [2.75, 3.05) is 0 Å². The zero-order chi connectivity index (χ0) is 12.7. The van der Waals surface area contributed by atoms with Gasteiger partial charge in [-0.1, -0.05) is 29.3 Å². The van der Waals surface area contributed by atoms with Gasteiger partial charge in [0.1, 0.15) is 0 Å². The van der Waals surface area contributed by atoms with Crippen LogP contribution < -0.4 is 0 Å². The summed E-state index contributed by atoms with van der Waals surface area (Å²) in [7, 11) is 0. The predicted octanol–water partition coefficient (Wildman–Crippen LogP) is 5.07. The summed E-state index contributed by atoms with van der Waals surface area (Å²) in [6, 6.07) is 9.42. The summed E-state index contributed by atoms with van der Waals surface area (Å²) in [5.74, 6) is 0. The van der Waals surface area contributed by atoms with Crippen LogP contribution in [0.15, 0.2) is 47.2 Å². The molecule has 0 spiro atoms. The molecule has 0 aliphatic rings. The Morgan fingerprint density at radius 2 is 1.94 bits per heavy atom. The molecule has 1 aromatic carbocycles. The molecule has 5 heteroatoms. The van der Waals surface area contributed by atoms with Crippen molar-refractivity contribution < 1.29 is 0 Å². The first-order chi connectivity index (χ1) is 8.65. The van der Waals surface area contributed by atoms with Crippen molar-refractivity contribution in [3.05, 3.63) is 57.2 Å². The van der Waals surface area contributed by atoms with E-state index in [1.54, 1.807) is 6.07 Å². The molecule has 0 amide bonds. The van der Waals surface area contributed by atoms with E-state index >= 15 is 0 Å². The minimum atomic E-state index is 0.533. The lowest BCUT2D eigenvalue weighted by Crippen LogP contribution is -1.80. The van der Waals surface area contributed by atoms with Crippen molar-refractivity contribution in [1.82, 2.24) is 9.38 Å². The third-order valence-electron chi connectivity index (χ3n) is 2.65. The Balaban J connectivity index is 2.19. The fourth-order valence-electron chi connectivity index (χ4n) is 1.77. The number of rotatable bonds is 1. The Morgan fingerprint density at radius 1 is 1.11 bits per heavy atom. The van der Waals surface area contributed by atoms with Crippen molar-refractivity contribution in [1.29, 1.82) is 0 Å². The Morgan fingerprint density at radius 3 is 2.67 bits per heavy atom. The summed E-state index contributed by atoms with van der Waals surface area (Å²) >= 11 is 15.4. The summed E-state index contributed by atoms with van der Waals surface area (Å²) in [4.78, 5) is 4.57. The molecule has 0 aliphatic carbocycles. The number of hydrogen-bond acceptors (Lipinski definition) is 1. The molecule has 3 rings (SSSR count). The Hall–Kier alpha value is -1.03. The van der Waals surface area contributed by atoms with Crippen LogP contribution in [-0.4, -0.2) is 9.38 Å². The van der Waals surface area contributed by atoms with Gasteiger partial charge >= 0.3 is 0 Å². The molecule has 0 unspecified atom stereocenters. The Labute approximate surface area is 122 Å². The van der Waals surface area contributed by atoms with E-state index in [0.717, 1.165) is 21.4 Å². The number of halogens is 3. The van der Waals surface area contributed by atoms with Gasteiger partial charge in [-0.15, -0.1) is 0 Å². The first-order valence-electron chi connectivity index (χ1n) is 5.24. The molecule has 90 valence electrons. The topological polar surface area (TPSA) is 17.3 Å². The highest BCUT2D eigenvalue weighted by Crippen LogP contribution is 2.29. The van der Waals surface area contributed by atoms with Crippen molar-refractivity contribution in [3.63, 3.8) is 0 Å². The summed E-state index contributed by atoms with van der Waals surface area (Å²) < 4.78 is 2.92. The highest BCUT2D eigenvalue weighted by atomic mass is 79.9. The van der Waals surface area contributed by atoms with Gasteiger partial charge in [-0.25, -0.2) is 4.98 Å². The van der Waals surface area contributed by atoms with E-state index in [1.807, 2.05) is 41.1 Å². The first kappa shape index (κ1) is 12.0. The van der Waals surface area contributed by atoms with Crippen molar-refractivity contribution in [2.24, 2.45) is 0 Å². The molecule has 0 N–H and O–H groups in total. The quantitative estimate of drug-likeness (QED) is 0.604. The molecule has 0 aliphatic heterocycles. The molecule has 0 saturated carbocycles. The van der Waals surface area contributed by atoms with E-state index in [9.17, 15) is 0 Å². The molecule has 0 atom stereocenters. The van der Waals surface area contributed by atoms with E-state index < -0.39 is 0 Å². The predicted molar refractivity (Wildman–Crippen MR) is 78.3 cm³/mol. The monoisotopic (exact) mass is 340 g/mol. The van der Waals surface area contributed by atoms with Crippen LogP contribution >= 0.6 is 39.1 Å². The maximum absolute atomic E-state index is 6.02. The number of fused-ring (bicyclic) bond motifs is 1. The van der Waals surface area contributed by atoms with E-state index in [2.05, 4.69) is 20.9 Å². The molecule has 0 saturated heterocycles. The standard InChI is InChI=1S/C13H7BrCl2N2/c14-9-2-1-5-18-7-12(17-13(9)18)8-3-4-10(15)11(16)6-8/h1-7H. The second-order valence-electron chi connectivity index (χ2n) is 3.84. The van der Waals surface area contributed by atoms with Gasteiger partial charge in [0, 0.05) is 18.0 Å². The summed E-state index contributed by atoms with van der Waals surface area (Å²) in [6.45, 7) is 0. The van der Waals surface area contributed by atoms with Gasteiger partial charge < -0.3 is 4.40 Å². The van der Waals surface area contributed by atoms with E-state index in [1.165, 1.54) is 0 Å². The van der Waals surface area contributed by atoms with Crippen LogP contribution in [0, 0.1) is 0 Å². The van der Waals surface area contributed by atoms with Crippen LogP contribution in [0.2, 0.25) is 10.0 Å². The summed E-state index contributed by atoms with van der Waals surface area (Å²) in [5, 5.41) is 1.08. The zero-order valence-electron chi connectivity index (χ0n) is 9.07. The fourth-order valence-corrected chi connectivity index (χ4v) is 2.52. The first-order valence-corrected chi connectivity index (χ1v) is 6.79. The van der Waals surface area contributed by atoms with Crippen LogP contribution in [0.5, 0.6) is 0 Å². The second kappa shape index (κ2) is 4.57. The molecular weight excluding hydrogens is 335 g/mol. The van der Waals surface area contributed by atoms with Gasteiger partial charge in [0.05, 0.1) is 20.2 Å². The third-order valence-corrected chi connectivity index (χ3v) is 4.01. The molecule has 3 aromatic rings. The highest BCUT2D eigenvalue weighted by Gasteiger charge is 2.08. The lowest BCUT2D eigenvalue weighted by molar-refractivity contribution is 1.18. The number of hydrogen-bond donors (Lipinski definition) is 0. The van der Waals surface area contributed by atoms with Gasteiger partial charge in [0.25, 0.3) is 0 Å². The van der Waals surface area contributed by atoms with E-state index in [-0.39, 0.29) is 0 Å². The van der Waals surface area contributed by atoms with Crippen LogP contribution in [0.25, 0.3) is 16.9 Å². The van der Waals surface area contributed by atoms with Crippen LogP contribution in [0.3, 0.4) is 0 Å². The van der Waals surface area contributed by atoms with E-state index in [0.29, 0.717) is 10.0 Å². The molecule has 2 nitrogen and oxygen atoms in total. The fraction of sp³-hybridized carbons (Fsp3) is 0. The molecule has 0 bridgehead atoms. The van der Waals surface area contributed by atoms with Gasteiger partial charge in [-0.05, 0) is 40.2 Å². The summed E-state index contributed by atoms with van der Waals surface area (Å²) in [5.41, 5.74) is 2.68. The molecule has 18 heavy (non-hydrogen) atoms. The van der Waals surface area contributed by atoms with Gasteiger partial charge in [-0.3, -0.25) is 0 Å². The number of benzene rings is 1.